The van der Waals surface area contributed by atoms with Gasteiger partial charge in [0.15, 0.2) is 0 Å². The Morgan fingerprint density at radius 1 is 0.902 bits per heavy atom. The Labute approximate surface area is 244 Å². The highest BCUT2D eigenvalue weighted by molar-refractivity contribution is 7.92. The van der Waals surface area contributed by atoms with Crippen LogP contribution >= 0.6 is 0 Å². The molecule has 3 aromatic rings. The van der Waals surface area contributed by atoms with Crippen LogP contribution in [-0.2, 0) is 26.2 Å². The minimum Gasteiger partial charge on any atom is -0.494 e. The predicted octanol–water partition coefficient (Wildman–Crippen LogP) is 5.23. The third-order valence-electron chi connectivity index (χ3n) is 6.58. The van der Waals surface area contributed by atoms with Crippen LogP contribution in [-0.4, -0.2) is 50.4 Å². The third-order valence-corrected chi connectivity index (χ3v) is 8.36. The Kier molecular flexibility index (Phi) is 10.9. The Hall–Kier alpha value is -3.85. The Morgan fingerprint density at radius 2 is 1.56 bits per heavy atom. The quantitative estimate of drug-likeness (QED) is 0.299. The summed E-state index contributed by atoms with van der Waals surface area (Å²) in [6, 6.07) is 19.9. The summed E-state index contributed by atoms with van der Waals surface area (Å²) in [5.41, 5.74) is 3.18. The molecule has 3 aromatic carbocycles. The summed E-state index contributed by atoms with van der Waals surface area (Å²) in [6.45, 7) is 11.4. The molecule has 1 atom stereocenters. The number of amides is 2. The number of carbonyl (C=O) groups excluding carboxylic acids is 2. The molecule has 0 aliphatic rings. The first-order chi connectivity index (χ1) is 19.5. The van der Waals surface area contributed by atoms with Gasteiger partial charge in [0.1, 0.15) is 18.3 Å². The van der Waals surface area contributed by atoms with Crippen LogP contribution in [0, 0.1) is 13.8 Å². The fraction of sp³-hybridized carbons (Fsp3) is 0.375. The summed E-state index contributed by atoms with van der Waals surface area (Å²) in [7, 11) is -4.15. The van der Waals surface area contributed by atoms with Crippen LogP contribution in [0.1, 0.15) is 50.8 Å². The number of nitrogens with zero attached hydrogens (tertiary/aromatic N) is 2. The Morgan fingerprint density at radius 3 is 2.12 bits per heavy atom. The molecule has 0 saturated carbocycles. The van der Waals surface area contributed by atoms with Gasteiger partial charge in [-0.3, -0.25) is 13.9 Å². The third kappa shape index (κ3) is 8.33. The Bertz CT molecular complexity index is 1420. The fourth-order valence-corrected chi connectivity index (χ4v) is 5.96. The van der Waals surface area contributed by atoms with E-state index in [2.05, 4.69) is 5.32 Å². The number of anilines is 1. The molecule has 1 N–H and O–H groups in total. The van der Waals surface area contributed by atoms with Crippen LogP contribution < -0.4 is 14.4 Å². The fourth-order valence-electron chi connectivity index (χ4n) is 4.55. The molecule has 0 fully saturated rings. The standard InChI is InChI=1S/C32H41N3O5S/c1-7-30(32(37)33-23(3)4)34(21-26-11-9-10-25(6)20-26)31(36)22-35(27-14-12-24(5)13-15-27)41(38,39)29-18-16-28(17-19-29)40-8-2/h9-20,23,30H,7-8,21-22H2,1-6H3,(H,33,37)/t30-/m0/s1. The van der Waals surface area contributed by atoms with E-state index in [0.717, 1.165) is 21.0 Å². The largest absolute Gasteiger partial charge is 0.494 e. The molecule has 0 unspecified atom stereocenters. The maximum Gasteiger partial charge on any atom is 0.264 e. The zero-order valence-electron chi connectivity index (χ0n) is 24.8. The molecule has 9 heteroatoms. The molecule has 3 rings (SSSR count). The number of aryl methyl sites for hydroxylation is 2. The van der Waals surface area contributed by atoms with Crippen LogP contribution in [0.3, 0.4) is 0 Å². The molecular weight excluding hydrogens is 538 g/mol. The zero-order chi connectivity index (χ0) is 30.2. The average Bonchev–Trinajstić information content (AvgIpc) is 2.92. The monoisotopic (exact) mass is 579 g/mol. The van der Waals surface area contributed by atoms with Gasteiger partial charge in [0, 0.05) is 12.6 Å². The van der Waals surface area contributed by atoms with E-state index in [1.54, 1.807) is 36.4 Å². The second-order valence-corrected chi connectivity index (χ2v) is 12.2. The predicted molar refractivity (Wildman–Crippen MR) is 162 cm³/mol. The molecule has 0 saturated heterocycles. The molecule has 220 valence electrons. The van der Waals surface area contributed by atoms with E-state index in [9.17, 15) is 18.0 Å². The van der Waals surface area contributed by atoms with E-state index >= 15 is 0 Å². The van der Waals surface area contributed by atoms with Gasteiger partial charge in [0.05, 0.1) is 17.2 Å². The second-order valence-electron chi connectivity index (χ2n) is 10.3. The molecule has 2 amide bonds. The molecule has 0 aliphatic heterocycles. The Balaban J connectivity index is 2.05. The normalized spacial score (nSPS) is 12.1. The minimum atomic E-state index is -4.15. The molecule has 0 radical (unpaired) electrons. The molecule has 0 aromatic heterocycles. The molecule has 41 heavy (non-hydrogen) atoms. The molecule has 0 spiro atoms. The van der Waals surface area contributed by atoms with Crippen LogP contribution in [0.2, 0.25) is 0 Å². The number of hydrogen-bond acceptors (Lipinski definition) is 5. The van der Waals surface area contributed by atoms with Gasteiger partial charge in [-0.15, -0.1) is 0 Å². The molecule has 8 nitrogen and oxygen atoms in total. The van der Waals surface area contributed by atoms with E-state index in [0.29, 0.717) is 24.5 Å². The topological polar surface area (TPSA) is 96.0 Å². The maximum atomic E-state index is 14.1. The van der Waals surface area contributed by atoms with Gasteiger partial charge in [-0.1, -0.05) is 54.4 Å². The first-order valence-electron chi connectivity index (χ1n) is 13.9. The number of hydrogen-bond donors (Lipinski definition) is 1. The lowest BCUT2D eigenvalue weighted by atomic mass is 10.1. The lowest BCUT2D eigenvalue weighted by molar-refractivity contribution is -0.140. The van der Waals surface area contributed by atoms with Crippen LogP contribution in [0.4, 0.5) is 5.69 Å². The van der Waals surface area contributed by atoms with E-state index in [1.165, 1.54) is 17.0 Å². The average molecular weight is 580 g/mol. The van der Waals surface area contributed by atoms with Gasteiger partial charge < -0.3 is 15.0 Å². The number of benzene rings is 3. The van der Waals surface area contributed by atoms with Crippen molar-refractivity contribution < 1.29 is 22.7 Å². The van der Waals surface area contributed by atoms with E-state index in [1.807, 2.05) is 65.8 Å². The van der Waals surface area contributed by atoms with Crippen LogP contribution in [0.5, 0.6) is 5.75 Å². The lowest BCUT2D eigenvalue weighted by Crippen LogP contribution is -2.53. The lowest BCUT2D eigenvalue weighted by Gasteiger charge is -2.33. The van der Waals surface area contributed by atoms with E-state index < -0.39 is 28.5 Å². The van der Waals surface area contributed by atoms with Crippen LogP contribution in [0.25, 0.3) is 0 Å². The zero-order valence-corrected chi connectivity index (χ0v) is 25.6. The summed E-state index contributed by atoms with van der Waals surface area (Å²) in [6.07, 6.45) is 0.367. The highest BCUT2D eigenvalue weighted by atomic mass is 32.2. The van der Waals surface area contributed by atoms with Gasteiger partial charge in [0.2, 0.25) is 11.8 Å². The second kappa shape index (κ2) is 14.2. The van der Waals surface area contributed by atoms with Gasteiger partial charge in [-0.25, -0.2) is 8.42 Å². The number of nitrogens with one attached hydrogen (secondary N) is 1. The van der Waals surface area contributed by atoms with Crippen LogP contribution in [0.15, 0.2) is 77.7 Å². The van der Waals surface area contributed by atoms with Crippen molar-refractivity contribution in [1.82, 2.24) is 10.2 Å². The minimum absolute atomic E-state index is 0.0316. The summed E-state index contributed by atoms with van der Waals surface area (Å²) >= 11 is 0. The van der Waals surface area contributed by atoms with Crippen molar-refractivity contribution in [2.24, 2.45) is 0 Å². The number of ether oxygens (including phenoxy) is 1. The van der Waals surface area contributed by atoms with E-state index in [-0.39, 0.29) is 23.4 Å². The summed E-state index contributed by atoms with van der Waals surface area (Å²) in [5.74, 6) is -0.206. The molecule has 0 bridgehead atoms. The SMILES string of the molecule is CCOc1ccc(S(=O)(=O)N(CC(=O)N(Cc2cccc(C)c2)[C@@H](CC)C(=O)NC(C)C)c2ccc(C)cc2)cc1. The van der Waals surface area contributed by atoms with Gasteiger partial charge in [0.25, 0.3) is 10.0 Å². The number of carbonyl (C=O) groups is 2. The maximum absolute atomic E-state index is 14.1. The highest BCUT2D eigenvalue weighted by Gasteiger charge is 2.33. The summed E-state index contributed by atoms with van der Waals surface area (Å²) in [4.78, 5) is 28.9. The van der Waals surface area contributed by atoms with Crippen molar-refractivity contribution in [2.45, 2.75) is 71.5 Å². The van der Waals surface area contributed by atoms with Crippen molar-refractivity contribution in [3.63, 3.8) is 0 Å². The first kappa shape index (κ1) is 31.7. The van der Waals surface area contributed by atoms with Crippen molar-refractivity contribution in [3.05, 3.63) is 89.5 Å². The summed E-state index contributed by atoms with van der Waals surface area (Å²) in [5, 5.41) is 2.91. The van der Waals surface area contributed by atoms with Crippen molar-refractivity contribution in [1.29, 1.82) is 0 Å². The summed E-state index contributed by atoms with van der Waals surface area (Å²) < 4.78 is 34.6. The number of rotatable bonds is 13. The molecule has 0 heterocycles. The van der Waals surface area contributed by atoms with Gasteiger partial charge in [-0.2, -0.15) is 0 Å². The highest BCUT2D eigenvalue weighted by Crippen LogP contribution is 2.26. The number of sulfonamides is 1. The first-order valence-corrected chi connectivity index (χ1v) is 15.4. The molecule has 0 aliphatic carbocycles. The van der Waals surface area contributed by atoms with E-state index in [4.69, 9.17) is 4.74 Å². The van der Waals surface area contributed by atoms with Gasteiger partial charge in [-0.05, 0) is 83.0 Å². The smallest absolute Gasteiger partial charge is 0.264 e. The van der Waals surface area contributed by atoms with Gasteiger partial charge >= 0.3 is 0 Å². The molecular formula is C32H41N3O5S. The van der Waals surface area contributed by atoms with Crippen molar-refractivity contribution in [3.8, 4) is 5.75 Å². The van der Waals surface area contributed by atoms with Crippen molar-refractivity contribution in [2.75, 3.05) is 17.5 Å². The van der Waals surface area contributed by atoms with Crippen molar-refractivity contribution >= 4 is 27.5 Å².